The highest BCUT2D eigenvalue weighted by Crippen LogP contribution is 2.29. The zero-order valence-corrected chi connectivity index (χ0v) is 8.94. The Morgan fingerprint density at radius 2 is 1.62 bits per heavy atom. The fourth-order valence-electron chi connectivity index (χ4n) is 1.31. The maximum absolute atomic E-state index is 10.5. The van der Waals surface area contributed by atoms with Gasteiger partial charge in [0.2, 0.25) is 0 Å². The first-order valence-corrected chi connectivity index (χ1v) is 6.02. The molecule has 1 rings (SSSR count). The molecule has 0 radical (unpaired) electrons. The molecule has 0 amide bonds. The number of hydrogen-bond donors (Lipinski definition) is 7. The maximum atomic E-state index is 10.5. The van der Waals surface area contributed by atoms with Crippen LogP contribution in [0.4, 0.5) is 0 Å². The molecule has 5 atom stereocenters. The first-order valence-electron chi connectivity index (χ1n) is 4.41. The van der Waals surface area contributed by atoms with Crippen molar-refractivity contribution in [2.24, 2.45) is 0 Å². The molecule has 0 aliphatic carbocycles. The normalized spacial score (nSPS) is 41.0. The van der Waals surface area contributed by atoms with E-state index in [9.17, 15) is 14.8 Å². The van der Waals surface area contributed by atoms with Gasteiger partial charge in [-0.05, 0) is 0 Å². The van der Waals surface area contributed by atoms with Gasteiger partial charge >= 0.3 is 7.75 Å². The van der Waals surface area contributed by atoms with Gasteiger partial charge in [0.15, 0.2) is 6.29 Å². The second kappa shape index (κ2) is 5.05. The summed E-state index contributed by atoms with van der Waals surface area (Å²) in [5.74, 6) is 0. The first-order chi connectivity index (χ1) is 7.22. The van der Waals surface area contributed by atoms with Crippen LogP contribution in [0.25, 0.3) is 0 Å². The lowest BCUT2D eigenvalue weighted by Crippen LogP contribution is -2.59. The van der Waals surface area contributed by atoms with Crippen molar-refractivity contribution in [3.63, 3.8) is 0 Å². The molecular formula is C6H14NO8P. The van der Waals surface area contributed by atoms with Crippen molar-refractivity contribution < 1.29 is 39.5 Å². The summed E-state index contributed by atoms with van der Waals surface area (Å²) in [4.78, 5) is 17.0. The fraction of sp³-hybridized carbons (Fsp3) is 1.00. The molecule has 7 N–H and O–H groups in total. The molecule has 0 aromatic heterocycles. The Morgan fingerprint density at radius 1 is 1.06 bits per heavy atom. The van der Waals surface area contributed by atoms with Crippen molar-refractivity contribution >= 4 is 7.75 Å². The quantitative estimate of drug-likeness (QED) is 0.255. The highest BCUT2D eigenvalue weighted by molar-refractivity contribution is 7.49. The minimum absolute atomic E-state index is 0.480. The molecule has 0 saturated carbocycles. The van der Waals surface area contributed by atoms with Gasteiger partial charge in [0.05, 0.1) is 0 Å². The summed E-state index contributed by atoms with van der Waals surface area (Å²) in [5, 5.41) is 38.6. The van der Waals surface area contributed by atoms with Crippen molar-refractivity contribution in [2.45, 2.75) is 30.7 Å². The Hall–Kier alpha value is -0.0900. The SMILES string of the molecule is O=P(O)(O)NC[C@H]1OC(O)[C@@H](O)[C@@H](O)[C@@H]1O. The highest BCUT2D eigenvalue weighted by Gasteiger charge is 2.43. The summed E-state index contributed by atoms with van der Waals surface area (Å²) in [7, 11) is -4.48. The van der Waals surface area contributed by atoms with Gasteiger partial charge < -0.3 is 34.9 Å². The van der Waals surface area contributed by atoms with Crippen LogP contribution in [0.2, 0.25) is 0 Å². The monoisotopic (exact) mass is 259 g/mol. The largest absolute Gasteiger partial charge is 0.400 e. The van der Waals surface area contributed by atoms with Crippen molar-refractivity contribution in [3.05, 3.63) is 0 Å². The standard InChI is InChI=1S/C6H14NO8P/c8-3-2(1-7-16(12,13)14)15-6(11)5(10)4(3)9/h2-6,8-11H,1H2,(H3,7,12,13,14)/t2-,3-,4+,5+,6?/m1/s1. The van der Waals surface area contributed by atoms with Crippen molar-refractivity contribution in [1.29, 1.82) is 0 Å². The van der Waals surface area contributed by atoms with Gasteiger partial charge in [-0.3, -0.25) is 0 Å². The average molecular weight is 259 g/mol. The number of ether oxygens (including phenoxy) is 1. The first kappa shape index (κ1) is 14.0. The summed E-state index contributed by atoms with van der Waals surface area (Å²) < 4.78 is 15.1. The number of nitrogens with one attached hydrogen (secondary N) is 1. The predicted molar refractivity (Wildman–Crippen MR) is 48.9 cm³/mol. The molecule has 1 unspecified atom stereocenters. The molecule has 16 heavy (non-hydrogen) atoms. The molecule has 1 aliphatic heterocycles. The van der Waals surface area contributed by atoms with Gasteiger partial charge in [0.1, 0.15) is 24.4 Å². The number of aliphatic hydroxyl groups is 4. The van der Waals surface area contributed by atoms with Gasteiger partial charge in [-0.25, -0.2) is 9.65 Å². The molecule has 1 saturated heterocycles. The lowest BCUT2D eigenvalue weighted by molar-refractivity contribution is -0.279. The van der Waals surface area contributed by atoms with E-state index in [0.717, 1.165) is 0 Å². The van der Waals surface area contributed by atoms with Crippen LogP contribution in [0.3, 0.4) is 0 Å². The van der Waals surface area contributed by atoms with E-state index < -0.39 is 45.0 Å². The van der Waals surface area contributed by atoms with Gasteiger partial charge in [-0.1, -0.05) is 0 Å². The molecule has 0 aromatic carbocycles. The van der Waals surface area contributed by atoms with Crippen LogP contribution in [0.1, 0.15) is 0 Å². The van der Waals surface area contributed by atoms with Gasteiger partial charge in [0.25, 0.3) is 0 Å². The molecular weight excluding hydrogens is 245 g/mol. The number of rotatable bonds is 3. The lowest BCUT2D eigenvalue weighted by Gasteiger charge is -2.38. The molecule has 1 heterocycles. The summed E-state index contributed by atoms with van der Waals surface area (Å²) in [5.41, 5.74) is 0. The average Bonchev–Trinajstić information content (AvgIpc) is 2.17. The van der Waals surface area contributed by atoms with Crippen LogP contribution >= 0.6 is 7.75 Å². The van der Waals surface area contributed by atoms with Gasteiger partial charge in [-0.2, -0.15) is 0 Å². The van der Waals surface area contributed by atoms with E-state index in [-0.39, 0.29) is 0 Å². The van der Waals surface area contributed by atoms with E-state index in [0.29, 0.717) is 0 Å². The van der Waals surface area contributed by atoms with Gasteiger partial charge in [-0.15, -0.1) is 0 Å². The van der Waals surface area contributed by atoms with E-state index in [4.69, 9.17) is 20.0 Å². The Labute approximate surface area is 90.5 Å². The molecule has 0 aromatic rings. The third-order valence-electron chi connectivity index (χ3n) is 2.19. The Bertz CT molecular complexity index is 282. The Balaban J connectivity index is 2.57. The topological polar surface area (TPSA) is 160 Å². The molecule has 10 heteroatoms. The molecule has 1 aliphatic rings. The zero-order valence-electron chi connectivity index (χ0n) is 8.04. The maximum Gasteiger partial charge on any atom is 0.400 e. The smallest absolute Gasteiger partial charge is 0.388 e. The Kier molecular flexibility index (Phi) is 4.41. The summed E-state index contributed by atoms with van der Waals surface area (Å²) in [6.07, 6.45) is -7.82. The van der Waals surface area contributed by atoms with Crippen LogP contribution in [0.5, 0.6) is 0 Å². The van der Waals surface area contributed by atoms with E-state index in [2.05, 4.69) is 4.74 Å². The van der Waals surface area contributed by atoms with E-state index in [1.807, 2.05) is 0 Å². The highest BCUT2D eigenvalue weighted by atomic mass is 31.2. The molecule has 9 nitrogen and oxygen atoms in total. The summed E-state index contributed by atoms with van der Waals surface area (Å²) >= 11 is 0. The van der Waals surface area contributed by atoms with Crippen molar-refractivity contribution in [2.75, 3.05) is 6.54 Å². The van der Waals surface area contributed by atoms with Gasteiger partial charge in [0, 0.05) is 6.54 Å². The second-order valence-corrected chi connectivity index (χ2v) is 4.85. The number of hydrogen-bond acceptors (Lipinski definition) is 6. The molecule has 1 fully saturated rings. The molecule has 96 valence electrons. The molecule has 0 bridgehead atoms. The minimum Gasteiger partial charge on any atom is -0.388 e. The lowest BCUT2D eigenvalue weighted by atomic mass is 9.99. The summed E-state index contributed by atoms with van der Waals surface area (Å²) in [6.45, 7) is -0.480. The number of aliphatic hydroxyl groups excluding tert-OH is 4. The second-order valence-electron chi connectivity index (χ2n) is 3.44. The van der Waals surface area contributed by atoms with Crippen LogP contribution < -0.4 is 5.09 Å². The minimum atomic E-state index is -4.48. The third-order valence-corrected chi connectivity index (χ3v) is 2.78. The molecule has 0 spiro atoms. The van der Waals surface area contributed by atoms with E-state index >= 15 is 0 Å². The van der Waals surface area contributed by atoms with Crippen molar-refractivity contribution in [1.82, 2.24) is 5.09 Å². The van der Waals surface area contributed by atoms with Crippen LogP contribution in [0, 0.1) is 0 Å². The van der Waals surface area contributed by atoms with Crippen LogP contribution in [-0.2, 0) is 9.30 Å². The van der Waals surface area contributed by atoms with Crippen LogP contribution in [0.15, 0.2) is 0 Å². The summed E-state index contributed by atoms with van der Waals surface area (Å²) in [6, 6.07) is 0. The van der Waals surface area contributed by atoms with E-state index in [1.54, 1.807) is 5.09 Å². The van der Waals surface area contributed by atoms with Crippen molar-refractivity contribution in [3.8, 4) is 0 Å². The zero-order chi connectivity index (χ0) is 12.5. The predicted octanol–water partition coefficient (Wildman–Crippen LogP) is -3.53. The van der Waals surface area contributed by atoms with E-state index in [1.165, 1.54) is 0 Å². The Morgan fingerprint density at radius 3 is 2.12 bits per heavy atom. The van der Waals surface area contributed by atoms with Crippen LogP contribution in [-0.4, -0.2) is 67.5 Å². The third kappa shape index (κ3) is 3.45. The fourth-order valence-corrected chi connectivity index (χ4v) is 1.73.